The van der Waals surface area contributed by atoms with Crippen LogP contribution in [0, 0.1) is 0 Å². The Morgan fingerprint density at radius 2 is 2.45 bits per heavy atom. The lowest BCUT2D eigenvalue weighted by Crippen LogP contribution is -1.95. The maximum Gasteiger partial charge on any atom is 0.223 e. The first-order valence-corrected chi connectivity index (χ1v) is 4.05. The molecule has 58 valence electrons. The lowest BCUT2D eigenvalue weighted by Gasteiger charge is -1.81. The van der Waals surface area contributed by atoms with Crippen LogP contribution in [-0.4, -0.2) is 15.1 Å². The number of hydrogen-bond donors (Lipinski definition) is 0. The third kappa shape index (κ3) is 2.10. The molecular weight excluding hydrogens is 184 g/mol. The lowest BCUT2D eigenvalue weighted by molar-refractivity contribution is 0.103. The van der Waals surface area contributed by atoms with Crippen molar-refractivity contribution in [1.82, 2.24) is 9.36 Å². The average Bonchev–Trinajstić information content (AvgIpc) is 2.36. The van der Waals surface area contributed by atoms with E-state index < -0.39 is 0 Å². The van der Waals surface area contributed by atoms with Crippen molar-refractivity contribution in [2.75, 3.05) is 0 Å². The van der Waals surface area contributed by atoms with Crippen LogP contribution in [0.3, 0.4) is 0 Å². The lowest BCUT2D eigenvalue weighted by atomic mass is 10.3. The molecule has 1 rings (SSSR count). The van der Waals surface area contributed by atoms with Crippen LogP contribution in [0.1, 0.15) is 17.5 Å². The molecule has 0 aliphatic rings. The topological polar surface area (TPSA) is 42.9 Å². The van der Waals surface area contributed by atoms with Crippen LogP contribution in [0.5, 0.6) is 0 Å². The number of hydrogen-bond acceptors (Lipinski definition) is 4. The van der Waals surface area contributed by atoms with Gasteiger partial charge in [-0.15, -0.1) is 0 Å². The second-order valence-corrected chi connectivity index (χ2v) is 3.07. The Morgan fingerprint density at radius 3 is 2.91 bits per heavy atom. The summed E-state index contributed by atoms with van der Waals surface area (Å²) in [5.41, 5.74) is 0. The zero-order valence-electron chi connectivity index (χ0n) is 5.74. The highest BCUT2D eigenvalue weighted by atomic mass is 35.5. The standard InChI is InChI=1S/C6H5ClN2OS/c1-2-3-4(10)5-8-6(7)11-9-5/h2-3H,1H3. The molecule has 0 aliphatic carbocycles. The maximum atomic E-state index is 11.0. The highest BCUT2D eigenvalue weighted by molar-refractivity contribution is 7.10. The van der Waals surface area contributed by atoms with Gasteiger partial charge in [-0.25, -0.2) is 4.98 Å². The van der Waals surface area contributed by atoms with Gasteiger partial charge < -0.3 is 0 Å². The summed E-state index contributed by atoms with van der Waals surface area (Å²) < 4.78 is 4.02. The zero-order valence-corrected chi connectivity index (χ0v) is 7.32. The molecule has 11 heavy (non-hydrogen) atoms. The van der Waals surface area contributed by atoms with Gasteiger partial charge in [-0.3, -0.25) is 4.79 Å². The molecule has 0 aromatic carbocycles. The number of halogens is 1. The summed E-state index contributed by atoms with van der Waals surface area (Å²) in [5, 5.41) is 0. The van der Waals surface area contributed by atoms with Gasteiger partial charge in [0.2, 0.25) is 16.1 Å². The number of allylic oxidation sites excluding steroid dienone is 2. The van der Waals surface area contributed by atoms with Crippen LogP contribution in [0.15, 0.2) is 12.2 Å². The second kappa shape index (κ2) is 3.59. The summed E-state index contributed by atoms with van der Waals surface area (Å²) in [4.78, 5) is 14.7. The van der Waals surface area contributed by atoms with Crippen LogP contribution in [0.2, 0.25) is 4.47 Å². The van der Waals surface area contributed by atoms with E-state index in [9.17, 15) is 4.79 Å². The Morgan fingerprint density at radius 1 is 1.73 bits per heavy atom. The van der Waals surface area contributed by atoms with Gasteiger partial charge in [0.15, 0.2) is 0 Å². The average molecular weight is 189 g/mol. The van der Waals surface area contributed by atoms with Crippen molar-refractivity contribution in [2.45, 2.75) is 6.92 Å². The highest BCUT2D eigenvalue weighted by Gasteiger charge is 2.07. The van der Waals surface area contributed by atoms with Crippen LogP contribution in [0.4, 0.5) is 0 Å². The van der Waals surface area contributed by atoms with Crippen molar-refractivity contribution in [3.05, 3.63) is 22.4 Å². The number of carbonyl (C=O) groups excluding carboxylic acids is 1. The molecule has 0 aliphatic heterocycles. The molecule has 0 bridgehead atoms. The van der Waals surface area contributed by atoms with Crippen LogP contribution < -0.4 is 0 Å². The third-order valence-electron chi connectivity index (χ3n) is 0.940. The fraction of sp³-hybridized carbons (Fsp3) is 0.167. The van der Waals surface area contributed by atoms with E-state index in [1.165, 1.54) is 6.08 Å². The number of carbonyl (C=O) groups is 1. The summed E-state index contributed by atoms with van der Waals surface area (Å²) in [6, 6.07) is 0. The molecule has 0 N–H and O–H groups in total. The Hall–Kier alpha value is -0.740. The minimum Gasteiger partial charge on any atom is -0.286 e. The van der Waals surface area contributed by atoms with E-state index in [2.05, 4.69) is 9.36 Å². The molecule has 5 heteroatoms. The molecular formula is C6H5ClN2OS. The van der Waals surface area contributed by atoms with Crippen molar-refractivity contribution >= 4 is 28.9 Å². The number of ketones is 1. The van der Waals surface area contributed by atoms with Gasteiger partial charge in [-0.05, 0) is 36.1 Å². The number of rotatable bonds is 2. The summed E-state index contributed by atoms with van der Waals surface area (Å²) in [6.07, 6.45) is 3.04. The Balaban J connectivity index is 2.85. The first-order chi connectivity index (χ1) is 5.24. The molecule has 1 heterocycles. The monoisotopic (exact) mass is 188 g/mol. The predicted octanol–water partition coefficient (Wildman–Crippen LogP) is 1.95. The SMILES string of the molecule is CC=CC(=O)c1nsc(Cl)n1. The van der Waals surface area contributed by atoms with E-state index in [0.717, 1.165) is 11.5 Å². The summed E-state index contributed by atoms with van der Waals surface area (Å²) in [7, 11) is 0. The Kier molecular flexibility index (Phi) is 2.73. The molecule has 0 amide bonds. The van der Waals surface area contributed by atoms with E-state index in [1.54, 1.807) is 13.0 Å². The van der Waals surface area contributed by atoms with Gasteiger partial charge in [-0.1, -0.05) is 6.08 Å². The van der Waals surface area contributed by atoms with Crippen molar-refractivity contribution in [3.8, 4) is 0 Å². The van der Waals surface area contributed by atoms with Crippen molar-refractivity contribution < 1.29 is 4.79 Å². The maximum absolute atomic E-state index is 11.0. The fourth-order valence-corrected chi connectivity index (χ4v) is 1.13. The van der Waals surface area contributed by atoms with Crippen molar-refractivity contribution in [3.63, 3.8) is 0 Å². The molecule has 0 saturated heterocycles. The van der Waals surface area contributed by atoms with Gasteiger partial charge >= 0.3 is 0 Å². The molecule has 1 aromatic rings. The molecule has 0 unspecified atom stereocenters. The van der Waals surface area contributed by atoms with Crippen molar-refractivity contribution in [2.24, 2.45) is 0 Å². The first kappa shape index (κ1) is 8.36. The Bertz CT molecular complexity index is 295. The van der Waals surface area contributed by atoms with Crippen molar-refractivity contribution in [1.29, 1.82) is 0 Å². The Labute approximate surface area is 72.9 Å². The first-order valence-electron chi connectivity index (χ1n) is 2.90. The molecule has 0 radical (unpaired) electrons. The number of aromatic nitrogens is 2. The molecule has 0 spiro atoms. The summed E-state index contributed by atoms with van der Waals surface area (Å²) >= 11 is 6.48. The van der Waals surface area contributed by atoms with Gasteiger partial charge in [0.05, 0.1) is 0 Å². The van der Waals surface area contributed by atoms with Crippen LogP contribution in [-0.2, 0) is 0 Å². The van der Waals surface area contributed by atoms with Gasteiger partial charge in [0.1, 0.15) is 0 Å². The van der Waals surface area contributed by atoms with E-state index in [4.69, 9.17) is 11.6 Å². The quantitative estimate of drug-likeness (QED) is 0.526. The predicted molar refractivity (Wildman–Crippen MR) is 44.1 cm³/mol. The molecule has 0 fully saturated rings. The minimum atomic E-state index is -0.212. The number of nitrogens with zero attached hydrogens (tertiary/aromatic N) is 2. The van der Waals surface area contributed by atoms with E-state index in [-0.39, 0.29) is 16.1 Å². The third-order valence-corrected chi connectivity index (χ3v) is 1.74. The fourth-order valence-electron chi connectivity index (χ4n) is 0.531. The molecule has 0 atom stereocenters. The zero-order chi connectivity index (χ0) is 8.27. The van der Waals surface area contributed by atoms with Gasteiger partial charge in [0.25, 0.3) is 0 Å². The van der Waals surface area contributed by atoms with E-state index in [1.807, 2.05) is 0 Å². The van der Waals surface area contributed by atoms with Gasteiger partial charge in [-0.2, -0.15) is 4.37 Å². The second-order valence-electron chi connectivity index (χ2n) is 1.74. The molecule has 0 saturated carbocycles. The van der Waals surface area contributed by atoms with Crippen LogP contribution in [0.25, 0.3) is 0 Å². The highest BCUT2D eigenvalue weighted by Crippen LogP contribution is 2.10. The smallest absolute Gasteiger partial charge is 0.223 e. The summed E-state index contributed by atoms with van der Waals surface area (Å²) in [5.74, 6) is -0.0475. The summed E-state index contributed by atoms with van der Waals surface area (Å²) in [6.45, 7) is 1.76. The van der Waals surface area contributed by atoms with Crippen LogP contribution >= 0.6 is 23.1 Å². The van der Waals surface area contributed by atoms with E-state index >= 15 is 0 Å². The largest absolute Gasteiger partial charge is 0.286 e. The van der Waals surface area contributed by atoms with Gasteiger partial charge in [0, 0.05) is 0 Å². The minimum absolute atomic E-state index is 0.165. The van der Waals surface area contributed by atoms with E-state index in [0.29, 0.717) is 0 Å². The normalized spacial score (nSPS) is 10.7. The molecule has 3 nitrogen and oxygen atoms in total. The molecule has 1 aromatic heterocycles.